The number of phenols is 1. The van der Waals surface area contributed by atoms with E-state index in [9.17, 15) is 14.7 Å². The monoisotopic (exact) mass is 458 g/mol. The minimum atomic E-state index is -0.142. The topological polar surface area (TPSA) is 63.6 Å². The average Bonchev–Trinajstić information content (AvgIpc) is 3.08. The van der Waals surface area contributed by atoms with Crippen LogP contribution < -0.4 is 4.74 Å². The van der Waals surface area contributed by atoms with Crippen LogP contribution in [0.5, 0.6) is 11.5 Å². The molecule has 1 aliphatic heterocycles. The summed E-state index contributed by atoms with van der Waals surface area (Å²) in [7, 11) is 0. The van der Waals surface area contributed by atoms with E-state index in [1.807, 2.05) is 6.92 Å². The fourth-order valence-corrected chi connectivity index (χ4v) is 5.88. The molecule has 0 saturated carbocycles. The Hall–Kier alpha value is -1.92. The third kappa shape index (κ3) is 6.07. The maximum absolute atomic E-state index is 11.7. The molecule has 2 unspecified atom stereocenters. The fraction of sp³-hybridized carbons (Fsp3) is 0.440. The van der Waals surface area contributed by atoms with E-state index in [2.05, 4.69) is 31.2 Å². The molecule has 0 radical (unpaired) electrons. The van der Waals surface area contributed by atoms with Gasteiger partial charge >= 0.3 is 0 Å². The second kappa shape index (κ2) is 11.1. The molecule has 6 heteroatoms. The molecule has 2 atom stereocenters. The van der Waals surface area contributed by atoms with E-state index in [4.69, 9.17) is 4.74 Å². The molecule has 1 N–H and O–H groups in total. The molecule has 2 aromatic rings. The molecule has 1 aliphatic rings. The SMILES string of the molecule is CCCc1c(OCCCSc2ccc(C3SC(=O)CC3C)cc2)ccc(C(C)=O)c1O. The van der Waals surface area contributed by atoms with Crippen LogP contribution >= 0.6 is 23.5 Å². The van der Waals surface area contributed by atoms with Gasteiger partial charge in [-0.1, -0.05) is 44.2 Å². The van der Waals surface area contributed by atoms with Crippen LogP contribution in [0.25, 0.3) is 0 Å². The van der Waals surface area contributed by atoms with Crippen LogP contribution in [0, 0.1) is 5.92 Å². The highest BCUT2D eigenvalue weighted by Gasteiger charge is 2.31. The van der Waals surface area contributed by atoms with Crippen molar-refractivity contribution in [3.05, 3.63) is 53.1 Å². The summed E-state index contributed by atoms with van der Waals surface area (Å²) in [5.74, 6) is 1.90. The van der Waals surface area contributed by atoms with Crippen molar-refractivity contribution >= 4 is 34.4 Å². The quantitative estimate of drug-likeness (QED) is 0.251. The van der Waals surface area contributed by atoms with E-state index < -0.39 is 0 Å². The maximum Gasteiger partial charge on any atom is 0.189 e. The molecule has 0 amide bonds. The first-order valence-corrected chi connectivity index (χ1v) is 12.7. The van der Waals surface area contributed by atoms with Crippen LogP contribution in [0.15, 0.2) is 41.3 Å². The number of hydrogen-bond donors (Lipinski definition) is 1. The molecular formula is C25H30O4S2. The molecule has 1 saturated heterocycles. The average molecular weight is 459 g/mol. The Bertz CT molecular complexity index is 924. The second-order valence-corrected chi connectivity index (χ2v) is 10.3. The van der Waals surface area contributed by atoms with Crippen LogP contribution in [0.3, 0.4) is 0 Å². The Morgan fingerprint density at radius 2 is 1.97 bits per heavy atom. The van der Waals surface area contributed by atoms with Crippen molar-refractivity contribution in [1.29, 1.82) is 0 Å². The first kappa shape index (κ1) is 23.7. The molecular weight excluding hydrogens is 428 g/mol. The molecule has 2 aromatic carbocycles. The van der Waals surface area contributed by atoms with Gasteiger partial charge in [-0.3, -0.25) is 9.59 Å². The number of thioether (sulfide) groups is 2. The minimum absolute atomic E-state index is 0.0535. The standard InChI is InChI=1S/C25H30O4S2/c1-4-6-21-22(12-11-20(17(3)26)24(21)28)29-13-5-14-30-19-9-7-18(8-10-19)25-16(2)15-23(27)31-25/h7-12,16,25,28H,4-6,13-15H2,1-3H3. The number of rotatable bonds is 10. The van der Waals surface area contributed by atoms with Gasteiger partial charge in [-0.15, -0.1) is 11.8 Å². The van der Waals surface area contributed by atoms with Crippen LogP contribution in [-0.4, -0.2) is 28.4 Å². The van der Waals surface area contributed by atoms with Gasteiger partial charge in [0.2, 0.25) is 0 Å². The molecule has 4 nitrogen and oxygen atoms in total. The van der Waals surface area contributed by atoms with Crippen molar-refractivity contribution < 1.29 is 19.4 Å². The van der Waals surface area contributed by atoms with Gasteiger partial charge in [0.1, 0.15) is 11.5 Å². The van der Waals surface area contributed by atoms with Crippen molar-refractivity contribution in [3.8, 4) is 11.5 Å². The van der Waals surface area contributed by atoms with Crippen LogP contribution in [0.4, 0.5) is 0 Å². The van der Waals surface area contributed by atoms with E-state index in [1.54, 1.807) is 23.9 Å². The normalized spacial score (nSPS) is 18.4. The molecule has 0 aromatic heterocycles. The zero-order chi connectivity index (χ0) is 22.4. The lowest BCUT2D eigenvalue weighted by atomic mass is 9.99. The number of Topliss-reactive ketones (excluding diaryl/α,β-unsaturated/α-hetero) is 1. The lowest BCUT2D eigenvalue weighted by Gasteiger charge is -2.15. The molecule has 1 heterocycles. The minimum Gasteiger partial charge on any atom is -0.507 e. The van der Waals surface area contributed by atoms with Gasteiger partial charge in [0, 0.05) is 27.9 Å². The van der Waals surface area contributed by atoms with Crippen molar-refractivity contribution in [2.24, 2.45) is 5.92 Å². The van der Waals surface area contributed by atoms with Crippen LogP contribution in [0.2, 0.25) is 0 Å². The van der Waals surface area contributed by atoms with E-state index in [-0.39, 0.29) is 16.8 Å². The first-order valence-electron chi connectivity index (χ1n) is 10.8. The Kier molecular flexibility index (Phi) is 8.50. The Morgan fingerprint density at radius 3 is 2.58 bits per heavy atom. The number of phenolic OH excluding ortho intramolecular Hbond substituents is 1. The third-order valence-corrected chi connectivity index (χ3v) is 7.93. The van der Waals surface area contributed by atoms with Crippen molar-refractivity contribution in [1.82, 2.24) is 0 Å². The largest absolute Gasteiger partial charge is 0.507 e. The second-order valence-electron chi connectivity index (χ2n) is 7.96. The van der Waals surface area contributed by atoms with Crippen LogP contribution in [0.1, 0.15) is 66.8 Å². The fourth-order valence-electron chi connectivity index (χ4n) is 3.79. The smallest absolute Gasteiger partial charge is 0.189 e. The summed E-state index contributed by atoms with van der Waals surface area (Å²) >= 11 is 3.25. The number of ether oxygens (including phenoxy) is 1. The van der Waals surface area contributed by atoms with Gasteiger partial charge < -0.3 is 9.84 Å². The number of aromatic hydroxyl groups is 1. The summed E-state index contributed by atoms with van der Waals surface area (Å²) in [5.41, 5.74) is 2.30. The van der Waals surface area contributed by atoms with E-state index >= 15 is 0 Å². The maximum atomic E-state index is 11.7. The summed E-state index contributed by atoms with van der Waals surface area (Å²) in [4.78, 5) is 24.5. The Balaban J connectivity index is 1.49. The first-order chi connectivity index (χ1) is 14.9. The molecule has 1 fully saturated rings. The van der Waals surface area contributed by atoms with Crippen molar-refractivity contribution in [3.63, 3.8) is 0 Å². The van der Waals surface area contributed by atoms with Gasteiger partial charge in [-0.25, -0.2) is 0 Å². The highest BCUT2D eigenvalue weighted by molar-refractivity contribution is 8.14. The summed E-state index contributed by atoms with van der Waals surface area (Å²) in [6.45, 7) is 6.20. The van der Waals surface area contributed by atoms with E-state index in [0.717, 1.165) is 24.2 Å². The van der Waals surface area contributed by atoms with Crippen molar-refractivity contribution in [2.75, 3.05) is 12.4 Å². The molecule has 31 heavy (non-hydrogen) atoms. The Labute approximate surface area is 193 Å². The third-order valence-electron chi connectivity index (χ3n) is 5.41. The van der Waals surface area contributed by atoms with Crippen LogP contribution in [-0.2, 0) is 11.2 Å². The molecule has 0 aliphatic carbocycles. The molecule has 166 valence electrons. The summed E-state index contributed by atoms with van der Waals surface area (Å²) in [5, 5.41) is 11.0. The summed E-state index contributed by atoms with van der Waals surface area (Å²) < 4.78 is 5.93. The van der Waals surface area contributed by atoms with Gasteiger partial charge in [0.25, 0.3) is 0 Å². The van der Waals surface area contributed by atoms with Gasteiger partial charge in [0.15, 0.2) is 10.9 Å². The molecule has 3 rings (SSSR count). The highest BCUT2D eigenvalue weighted by Crippen LogP contribution is 2.45. The number of carbonyl (C=O) groups excluding carboxylic acids is 2. The number of benzene rings is 2. The van der Waals surface area contributed by atoms with Gasteiger partial charge in [0.05, 0.1) is 12.2 Å². The molecule has 0 bridgehead atoms. The number of hydrogen-bond acceptors (Lipinski definition) is 6. The zero-order valence-electron chi connectivity index (χ0n) is 18.3. The van der Waals surface area contributed by atoms with E-state index in [0.29, 0.717) is 41.8 Å². The zero-order valence-corrected chi connectivity index (χ0v) is 20.0. The van der Waals surface area contributed by atoms with Gasteiger partial charge in [-0.2, -0.15) is 0 Å². The molecule has 0 spiro atoms. The Morgan fingerprint density at radius 1 is 1.23 bits per heavy atom. The highest BCUT2D eigenvalue weighted by atomic mass is 32.2. The number of ketones is 1. The van der Waals surface area contributed by atoms with Gasteiger partial charge in [-0.05, 0) is 55.5 Å². The lowest BCUT2D eigenvalue weighted by Crippen LogP contribution is -2.04. The number of carbonyl (C=O) groups is 2. The summed E-state index contributed by atoms with van der Waals surface area (Å²) in [6.07, 6.45) is 3.08. The van der Waals surface area contributed by atoms with Crippen molar-refractivity contribution in [2.45, 2.75) is 56.6 Å². The predicted molar refractivity (Wildman–Crippen MR) is 129 cm³/mol. The predicted octanol–water partition coefficient (Wildman–Crippen LogP) is 6.45. The lowest BCUT2D eigenvalue weighted by molar-refractivity contribution is -0.111. The summed E-state index contributed by atoms with van der Waals surface area (Å²) in [6, 6.07) is 12.0. The van der Waals surface area contributed by atoms with E-state index in [1.165, 1.54) is 29.1 Å².